The molecule has 0 aliphatic carbocycles. The summed E-state index contributed by atoms with van der Waals surface area (Å²) in [6.45, 7) is 0. The van der Waals surface area contributed by atoms with Gasteiger partial charge in [0.1, 0.15) is 17.6 Å². The molecule has 2 rings (SSSR count). The van der Waals surface area contributed by atoms with Crippen LogP contribution in [0.3, 0.4) is 0 Å². The third-order valence-electron chi connectivity index (χ3n) is 3.39. The molecule has 0 aliphatic rings. The number of carbonyl (C=O) groups is 1. The first kappa shape index (κ1) is 15.4. The van der Waals surface area contributed by atoms with Gasteiger partial charge in [-0.25, -0.2) is 4.79 Å². The van der Waals surface area contributed by atoms with Gasteiger partial charge in [0.2, 0.25) is 0 Å². The quantitative estimate of drug-likeness (QED) is 0.918. The number of hydrogen-bond donors (Lipinski definition) is 1. The Labute approximate surface area is 128 Å². The Morgan fingerprint density at radius 3 is 2.41 bits per heavy atom. The first-order valence-electron chi connectivity index (χ1n) is 6.57. The maximum Gasteiger partial charge on any atom is 0.337 e. The van der Waals surface area contributed by atoms with Crippen molar-refractivity contribution in [3.05, 3.63) is 58.7 Å². The molecule has 5 nitrogen and oxygen atoms in total. The van der Waals surface area contributed by atoms with E-state index in [9.17, 15) is 15.2 Å². The van der Waals surface area contributed by atoms with E-state index in [-0.39, 0.29) is 11.1 Å². The average molecular weight is 297 g/mol. The van der Waals surface area contributed by atoms with Gasteiger partial charge in [0, 0.05) is 12.0 Å². The molecule has 112 valence electrons. The Kier molecular flexibility index (Phi) is 4.64. The van der Waals surface area contributed by atoms with E-state index in [0.717, 1.165) is 5.56 Å². The van der Waals surface area contributed by atoms with Crippen LogP contribution in [0.4, 0.5) is 0 Å². The zero-order valence-electron chi connectivity index (χ0n) is 12.3. The number of aromatic carboxylic acids is 1. The molecular weight excluding hydrogens is 282 g/mol. The highest BCUT2D eigenvalue weighted by Crippen LogP contribution is 2.30. The van der Waals surface area contributed by atoms with Crippen LogP contribution in [-0.2, 0) is 6.42 Å². The number of rotatable bonds is 5. The number of nitrogens with zero attached hydrogens (tertiary/aromatic N) is 1. The monoisotopic (exact) mass is 297 g/mol. The van der Waals surface area contributed by atoms with E-state index >= 15 is 0 Å². The minimum atomic E-state index is -1.14. The average Bonchev–Trinajstić information content (AvgIpc) is 2.54. The highest BCUT2D eigenvalue weighted by molar-refractivity contribution is 5.91. The molecule has 0 amide bonds. The molecule has 0 atom stereocenters. The Balaban J connectivity index is 2.60. The van der Waals surface area contributed by atoms with Crippen molar-refractivity contribution in [1.82, 2.24) is 0 Å². The van der Waals surface area contributed by atoms with Gasteiger partial charge in [-0.1, -0.05) is 18.2 Å². The van der Waals surface area contributed by atoms with E-state index in [4.69, 9.17) is 9.47 Å². The fraction of sp³-hybridized carbons (Fsp3) is 0.176. The predicted molar refractivity (Wildman–Crippen MR) is 80.5 cm³/mol. The number of benzene rings is 2. The molecule has 5 heteroatoms. The number of methoxy groups -OCH3 is 2. The maximum absolute atomic E-state index is 11.3. The minimum Gasteiger partial charge on any atom is -0.496 e. The fourth-order valence-electron chi connectivity index (χ4n) is 2.34. The fourth-order valence-corrected chi connectivity index (χ4v) is 2.34. The standard InChI is InChI=1S/C17H15NO4/c1-21-15-6-4-3-5-11(15)9-13-14(10-18)12(17(19)20)7-8-16(13)22-2/h3-8H,9H2,1-2H3,(H,19,20). The summed E-state index contributed by atoms with van der Waals surface area (Å²) in [6.07, 6.45) is 0.344. The van der Waals surface area contributed by atoms with Crippen molar-refractivity contribution in [3.63, 3.8) is 0 Å². The maximum atomic E-state index is 11.3. The lowest BCUT2D eigenvalue weighted by Crippen LogP contribution is -2.06. The third kappa shape index (κ3) is 2.86. The molecule has 1 N–H and O–H groups in total. The van der Waals surface area contributed by atoms with Crippen molar-refractivity contribution in [2.75, 3.05) is 14.2 Å². The summed E-state index contributed by atoms with van der Waals surface area (Å²) in [5.74, 6) is 0.0158. The zero-order chi connectivity index (χ0) is 16.1. The molecule has 0 bridgehead atoms. The normalized spacial score (nSPS) is 9.86. The second-order valence-corrected chi connectivity index (χ2v) is 4.57. The van der Waals surface area contributed by atoms with E-state index in [1.165, 1.54) is 13.2 Å². The van der Waals surface area contributed by atoms with Crippen LogP contribution in [0.25, 0.3) is 0 Å². The number of para-hydroxylation sites is 1. The molecule has 0 heterocycles. The van der Waals surface area contributed by atoms with E-state index < -0.39 is 5.97 Å². The van der Waals surface area contributed by atoms with E-state index in [0.29, 0.717) is 23.5 Å². The first-order valence-corrected chi connectivity index (χ1v) is 6.57. The van der Waals surface area contributed by atoms with Gasteiger partial charge in [0.15, 0.2) is 0 Å². The Morgan fingerprint density at radius 1 is 1.14 bits per heavy atom. The van der Waals surface area contributed by atoms with Gasteiger partial charge in [0.25, 0.3) is 0 Å². The highest BCUT2D eigenvalue weighted by atomic mass is 16.5. The van der Waals surface area contributed by atoms with Crippen molar-refractivity contribution in [1.29, 1.82) is 5.26 Å². The van der Waals surface area contributed by atoms with E-state index in [2.05, 4.69) is 0 Å². The van der Waals surface area contributed by atoms with Crippen LogP contribution in [-0.4, -0.2) is 25.3 Å². The van der Waals surface area contributed by atoms with E-state index in [1.807, 2.05) is 30.3 Å². The second kappa shape index (κ2) is 6.64. The Hall–Kier alpha value is -3.00. The lowest BCUT2D eigenvalue weighted by molar-refractivity contribution is 0.0696. The smallest absolute Gasteiger partial charge is 0.337 e. The Bertz CT molecular complexity index is 747. The summed E-state index contributed by atoms with van der Waals surface area (Å²) in [4.78, 5) is 11.3. The molecule has 0 fully saturated rings. The molecule has 0 spiro atoms. The Morgan fingerprint density at radius 2 is 1.82 bits per heavy atom. The van der Waals surface area contributed by atoms with Crippen molar-refractivity contribution in [2.24, 2.45) is 0 Å². The number of nitriles is 1. The molecule has 0 unspecified atom stereocenters. The van der Waals surface area contributed by atoms with Crippen molar-refractivity contribution in [2.45, 2.75) is 6.42 Å². The van der Waals surface area contributed by atoms with Crippen LogP contribution >= 0.6 is 0 Å². The van der Waals surface area contributed by atoms with Crippen LogP contribution < -0.4 is 9.47 Å². The van der Waals surface area contributed by atoms with Gasteiger partial charge < -0.3 is 14.6 Å². The van der Waals surface area contributed by atoms with Crippen LogP contribution in [0.2, 0.25) is 0 Å². The molecular formula is C17H15NO4. The lowest BCUT2D eigenvalue weighted by atomic mass is 9.95. The molecule has 0 aliphatic heterocycles. The van der Waals surface area contributed by atoms with Crippen molar-refractivity contribution < 1.29 is 19.4 Å². The van der Waals surface area contributed by atoms with Gasteiger partial charge >= 0.3 is 5.97 Å². The van der Waals surface area contributed by atoms with Gasteiger partial charge in [-0.3, -0.25) is 0 Å². The largest absolute Gasteiger partial charge is 0.496 e. The summed E-state index contributed by atoms with van der Waals surface area (Å²) in [6, 6.07) is 12.3. The molecule has 0 radical (unpaired) electrons. The molecule has 22 heavy (non-hydrogen) atoms. The predicted octanol–water partition coefficient (Wildman–Crippen LogP) is 2.86. The summed E-state index contributed by atoms with van der Waals surface area (Å²) >= 11 is 0. The molecule has 2 aromatic carbocycles. The number of hydrogen-bond acceptors (Lipinski definition) is 4. The first-order chi connectivity index (χ1) is 10.6. The van der Waals surface area contributed by atoms with Crippen LogP contribution in [0.5, 0.6) is 11.5 Å². The summed E-state index contributed by atoms with van der Waals surface area (Å²) in [5, 5.41) is 18.6. The van der Waals surface area contributed by atoms with Gasteiger partial charge in [-0.15, -0.1) is 0 Å². The molecule has 0 saturated carbocycles. The SMILES string of the molecule is COc1ccccc1Cc1c(OC)ccc(C(=O)O)c1C#N. The van der Waals surface area contributed by atoms with Crippen LogP contribution in [0.15, 0.2) is 36.4 Å². The summed E-state index contributed by atoms with van der Waals surface area (Å²) < 4.78 is 10.6. The second-order valence-electron chi connectivity index (χ2n) is 4.57. The highest BCUT2D eigenvalue weighted by Gasteiger charge is 2.19. The van der Waals surface area contributed by atoms with Gasteiger partial charge in [-0.2, -0.15) is 5.26 Å². The molecule has 0 saturated heterocycles. The lowest BCUT2D eigenvalue weighted by Gasteiger charge is -2.14. The minimum absolute atomic E-state index is 0.0341. The molecule has 2 aromatic rings. The van der Waals surface area contributed by atoms with Gasteiger partial charge in [0.05, 0.1) is 25.3 Å². The third-order valence-corrected chi connectivity index (χ3v) is 3.39. The van der Waals surface area contributed by atoms with E-state index in [1.54, 1.807) is 13.2 Å². The summed E-state index contributed by atoms with van der Waals surface area (Å²) in [7, 11) is 3.05. The number of ether oxygens (including phenoxy) is 2. The van der Waals surface area contributed by atoms with Crippen LogP contribution in [0.1, 0.15) is 27.0 Å². The van der Waals surface area contributed by atoms with Gasteiger partial charge in [-0.05, 0) is 23.8 Å². The topological polar surface area (TPSA) is 79.6 Å². The van der Waals surface area contributed by atoms with Crippen molar-refractivity contribution >= 4 is 5.97 Å². The number of carboxylic acids is 1. The van der Waals surface area contributed by atoms with Crippen LogP contribution in [0, 0.1) is 11.3 Å². The zero-order valence-corrected chi connectivity index (χ0v) is 12.3. The van der Waals surface area contributed by atoms with Crippen molar-refractivity contribution in [3.8, 4) is 17.6 Å². The molecule has 0 aromatic heterocycles. The summed E-state index contributed by atoms with van der Waals surface area (Å²) in [5.41, 5.74) is 1.46. The number of carboxylic acid groups (broad SMARTS) is 1.